The Morgan fingerprint density at radius 3 is 2.67 bits per heavy atom. The maximum atomic E-state index is 14.6. The Hall–Kier alpha value is -4.14. The highest BCUT2D eigenvalue weighted by Gasteiger charge is 2.44. The molecule has 3 aromatic rings. The Balaban J connectivity index is 1.35. The molecule has 3 heterocycles. The van der Waals surface area contributed by atoms with E-state index in [1.165, 1.54) is 6.07 Å². The van der Waals surface area contributed by atoms with Crippen molar-refractivity contribution >= 4 is 5.91 Å². The van der Waals surface area contributed by atoms with Crippen molar-refractivity contribution in [2.75, 3.05) is 45.9 Å². The maximum Gasteiger partial charge on any atom is 0.254 e. The number of tetrazole rings is 1. The number of likely N-dealkylation sites (tertiary alicyclic amines) is 1. The molecule has 1 amide bonds. The lowest BCUT2D eigenvalue weighted by Gasteiger charge is -2.34. The molecule has 3 aliphatic rings. The molecule has 42 heavy (non-hydrogen) atoms. The summed E-state index contributed by atoms with van der Waals surface area (Å²) in [5, 5.41) is 28.5. The first-order valence-corrected chi connectivity index (χ1v) is 14.6. The SMILES string of the molecule is C=C(CNCCC1(c2nn[nH]n2)c2ccc(F)cc2CCc2cc(C(=O)N3CCOCC3)ccc21)N1CCCC1C#N. The van der Waals surface area contributed by atoms with E-state index in [4.69, 9.17) is 4.74 Å². The molecule has 2 N–H and O–H groups in total. The van der Waals surface area contributed by atoms with E-state index < -0.39 is 5.41 Å². The smallest absolute Gasteiger partial charge is 0.254 e. The second-order valence-electron chi connectivity index (χ2n) is 11.2. The summed E-state index contributed by atoms with van der Waals surface area (Å²) in [5.74, 6) is 0.185. The van der Waals surface area contributed by atoms with E-state index in [2.05, 4.69) is 43.5 Å². The van der Waals surface area contributed by atoms with Crippen LogP contribution < -0.4 is 5.32 Å². The predicted molar refractivity (Wildman–Crippen MR) is 153 cm³/mol. The summed E-state index contributed by atoms with van der Waals surface area (Å²) >= 11 is 0. The van der Waals surface area contributed by atoms with Gasteiger partial charge in [-0.3, -0.25) is 4.79 Å². The number of aromatic nitrogens is 4. The number of nitrogens with zero attached hydrogens (tertiary/aromatic N) is 6. The van der Waals surface area contributed by atoms with Gasteiger partial charge in [0.05, 0.1) is 24.7 Å². The highest BCUT2D eigenvalue weighted by Crippen LogP contribution is 2.46. The Morgan fingerprint density at radius 2 is 1.93 bits per heavy atom. The van der Waals surface area contributed by atoms with Gasteiger partial charge in [0.15, 0.2) is 5.82 Å². The maximum absolute atomic E-state index is 14.6. The van der Waals surface area contributed by atoms with Crippen LogP contribution >= 0.6 is 0 Å². The zero-order valence-electron chi connectivity index (χ0n) is 23.6. The van der Waals surface area contributed by atoms with Gasteiger partial charge in [-0.25, -0.2) is 4.39 Å². The van der Waals surface area contributed by atoms with Crippen LogP contribution in [0.3, 0.4) is 0 Å². The minimum Gasteiger partial charge on any atom is -0.378 e. The van der Waals surface area contributed by atoms with Crippen LogP contribution in [-0.4, -0.2) is 88.3 Å². The number of carbonyl (C=O) groups excluding carboxylic acids is 1. The molecule has 6 rings (SSSR count). The number of rotatable bonds is 8. The summed E-state index contributed by atoms with van der Waals surface area (Å²) in [6.07, 6.45) is 3.66. The number of carbonyl (C=O) groups is 1. The molecule has 2 fully saturated rings. The molecule has 0 radical (unpaired) electrons. The second-order valence-corrected chi connectivity index (χ2v) is 11.2. The highest BCUT2D eigenvalue weighted by atomic mass is 19.1. The van der Waals surface area contributed by atoms with E-state index in [-0.39, 0.29) is 17.8 Å². The second kappa shape index (κ2) is 12.0. The van der Waals surface area contributed by atoms with Crippen LogP contribution in [0.15, 0.2) is 48.7 Å². The van der Waals surface area contributed by atoms with Crippen molar-refractivity contribution in [1.29, 1.82) is 5.26 Å². The van der Waals surface area contributed by atoms with Crippen LogP contribution in [-0.2, 0) is 23.0 Å². The fraction of sp³-hybridized carbons (Fsp3) is 0.452. The van der Waals surface area contributed by atoms with Crippen molar-refractivity contribution < 1.29 is 13.9 Å². The zero-order valence-corrected chi connectivity index (χ0v) is 23.6. The lowest BCUT2D eigenvalue weighted by molar-refractivity contribution is 0.0303. The number of morpholine rings is 1. The number of hydrogen-bond donors (Lipinski definition) is 2. The van der Waals surface area contributed by atoms with Crippen LogP contribution in [0.2, 0.25) is 0 Å². The van der Waals surface area contributed by atoms with Gasteiger partial charge in [-0.1, -0.05) is 23.9 Å². The number of nitrogens with one attached hydrogen (secondary N) is 2. The van der Waals surface area contributed by atoms with Crippen LogP contribution in [0.1, 0.15) is 57.7 Å². The lowest BCUT2D eigenvalue weighted by atomic mass is 9.69. The largest absolute Gasteiger partial charge is 0.378 e. The fourth-order valence-corrected chi connectivity index (χ4v) is 6.75. The van der Waals surface area contributed by atoms with Gasteiger partial charge >= 0.3 is 0 Å². The third-order valence-corrected chi connectivity index (χ3v) is 8.84. The van der Waals surface area contributed by atoms with E-state index in [0.717, 1.165) is 47.3 Å². The first kappa shape index (κ1) is 28.0. The van der Waals surface area contributed by atoms with Gasteiger partial charge in [0, 0.05) is 37.4 Å². The van der Waals surface area contributed by atoms with Gasteiger partial charge in [-0.15, -0.1) is 10.2 Å². The van der Waals surface area contributed by atoms with Crippen molar-refractivity contribution in [1.82, 2.24) is 35.7 Å². The summed E-state index contributed by atoms with van der Waals surface area (Å²) in [7, 11) is 0. The minimum absolute atomic E-state index is 0.0168. The van der Waals surface area contributed by atoms with Crippen molar-refractivity contribution in [3.8, 4) is 6.07 Å². The molecular weight excluding hydrogens is 535 g/mol. The monoisotopic (exact) mass is 570 g/mol. The molecule has 1 aliphatic carbocycles. The number of aryl methyl sites for hydroxylation is 2. The van der Waals surface area contributed by atoms with Crippen LogP contribution in [0.5, 0.6) is 0 Å². The first-order chi connectivity index (χ1) is 20.5. The number of fused-ring (bicyclic) bond motifs is 2. The van der Waals surface area contributed by atoms with E-state index in [1.54, 1.807) is 6.07 Å². The van der Waals surface area contributed by atoms with Gasteiger partial charge in [0.1, 0.15) is 11.9 Å². The Morgan fingerprint density at radius 1 is 1.17 bits per heavy atom. The van der Waals surface area contributed by atoms with Gasteiger partial charge in [0.2, 0.25) is 0 Å². The summed E-state index contributed by atoms with van der Waals surface area (Å²) in [5.41, 5.74) is 4.49. The topological polar surface area (TPSA) is 123 Å². The molecule has 2 saturated heterocycles. The van der Waals surface area contributed by atoms with Crippen molar-refractivity contribution in [2.24, 2.45) is 0 Å². The van der Waals surface area contributed by atoms with E-state index in [1.807, 2.05) is 29.2 Å². The lowest BCUT2D eigenvalue weighted by Crippen LogP contribution is -2.41. The minimum atomic E-state index is -0.834. The number of benzene rings is 2. The van der Waals surface area contributed by atoms with Crippen LogP contribution in [0.4, 0.5) is 4.39 Å². The normalized spacial score (nSPS) is 21.8. The highest BCUT2D eigenvalue weighted by molar-refractivity contribution is 5.94. The third-order valence-electron chi connectivity index (χ3n) is 8.84. The zero-order chi connectivity index (χ0) is 29.1. The Labute approximate surface area is 244 Å². The number of nitriles is 1. The number of hydrogen-bond acceptors (Lipinski definition) is 8. The summed E-state index contributed by atoms with van der Waals surface area (Å²) in [6.45, 7) is 8.38. The molecule has 1 aromatic heterocycles. The molecule has 2 aliphatic heterocycles. The summed E-state index contributed by atoms with van der Waals surface area (Å²) in [6, 6.07) is 13.0. The van der Waals surface area contributed by atoms with Crippen LogP contribution in [0, 0.1) is 17.1 Å². The third kappa shape index (κ3) is 5.16. The average Bonchev–Trinajstić information content (AvgIpc) is 3.72. The molecule has 10 nitrogen and oxygen atoms in total. The quantitative estimate of drug-likeness (QED) is 0.397. The molecule has 2 aromatic carbocycles. The molecule has 2 unspecified atom stereocenters. The standard InChI is InChI=1S/C31H35FN8O2/c1-21(40-12-2-3-26(40)19-33)20-34-11-10-31(30-35-37-38-36-30)27-8-6-24(29(41)39-13-15-42-16-14-39)17-22(27)4-5-23-18-25(32)7-9-28(23)31/h6-9,17-18,26,34H,1-5,10-16,20H2,(H,35,36,37,38). The van der Waals surface area contributed by atoms with Crippen molar-refractivity contribution in [2.45, 2.75) is 43.6 Å². The van der Waals surface area contributed by atoms with Crippen molar-refractivity contribution in [3.63, 3.8) is 0 Å². The van der Waals surface area contributed by atoms with E-state index >= 15 is 0 Å². The molecule has 0 saturated carbocycles. The molecule has 218 valence electrons. The summed E-state index contributed by atoms with van der Waals surface area (Å²) < 4.78 is 20.0. The van der Waals surface area contributed by atoms with Gasteiger partial charge in [-0.2, -0.15) is 10.5 Å². The number of H-pyrrole nitrogens is 1. The number of ether oxygens (including phenoxy) is 1. The number of aromatic amines is 1. The number of halogens is 1. The molecular formula is C31H35FN8O2. The average molecular weight is 571 g/mol. The molecule has 0 spiro atoms. The number of amides is 1. The van der Waals surface area contributed by atoms with E-state index in [9.17, 15) is 14.4 Å². The fourth-order valence-electron chi connectivity index (χ4n) is 6.75. The Bertz CT molecular complexity index is 1500. The predicted octanol–water partition coefficient (Wildman–Crippen LogP) is 2.73. The van der Waals surface area contributed by atoms with Crippen molar-refractivity contribution in [3.05, 3.63) is 88.1 Å². The van der Waals surface area contributed by atoms with Gasteiger partial charge in [-0.05, 0) is 85.2 Å². The van der Waals surface area contributed by atoms with Gasteiger partial charge in [0.25, 0.3) is 5.91 Å². The molecule has 0 bridgehead atoms. The van der Waals surface area contributed by atoms with E-state index in [0.29, 0.717) is 70.0 Å². The molecule has 2 atom stereocenters. The first-order valence-electron chi connectivity index (χ1n) is 14.6. The summed E-state index contributed by atoms with van der Waals surface area (Å²) in [4.78, 5) is 17.3. The molecule has 11 heteroatoms. The van der Waals surface area contributed by atoms with Crippen LogP contribution in [0.25, 0.3) is 0 Å². The van der Waals surface area contributed by atoms with Gasteiger partial charge < -0.3 is 19.9 Å². The Kier molecular flexibility index (Phi) is 8.00.